The molecule has 1 atom stereocenters. The van der Waals surface area contributed by atoms with Crippen LogP contribution in [-0.2, 0) is 0 Å². The van der Waals surface area contributed by atoms with Crippen LogP contribution in [0.4, 0.5) is 0 Å². The van der Waals surface area contributed by atoms with E-state index < -0.39 is 0 Å². The van der Waals surface area contributed by atoms with Crippen LogP contribution in [0.1, 0.15) is 30.3 Å². The Labute approximate surface area is 111 Å². The van der Waals surface area contributed by atoms with Gasteiger partial charge in [-0.2, -0.15) is 0 Å². The smallest absolute Gasteiger partial charge is 0.115 e. The Bertz CT molecular complexity index is 515. The first-order valence-corrected chi connectivity index (χ1v) is 7.19. The lowest BCUT2D eigenvalue weighted by Crippen LogP contribution is -2.26. The molecule has 1 aliphatic rings. The van der Waals surface area contributed by atoms with Crippen LogP contribution in [0.2, 0.25) is 0 Å². The standard InChI is InChI=1S/C14H16N2OS/c17-11-6-4-10(5-7-11)13-9-18-14(16-13)12-3-1-2-8-15-12/h4-7,9,12,15,17H,1-3,8H2. The Hall–Kier alpha value is -1.39. The SMILES string of the molecule is Oc1ccc(-c2csc(C3CCCCN3)n2)cc1. The molecule has 3 rings (SSSR count). The summed E-state index contributed by atoms with van der Waals surface area (Å²) in [6, 6.07) is 7.64. The van der Waals surface area contributed by atoms with Gasteiger partial charge in [0.1, 0.15) is 10.8 Å². The number of nitrogens with one attached hydrogen (secondary N) is 1. The Morgan fingerprint density at radius 2 is 2.06 bits per heavy atom. The van der Waals surface area contributed by atoms with Crippen LogP contribution in [0.3, 0.4) is 0 Å². The van der Waals surface area contributed by atoms with Crippen molar-refractivity contribution < 1.29 is 5.11 Å². The van der Waals surface area contributed by atoms with E-state index in [1.807, 2.05) is 12.1 Å². The molecule has 1 fully saturated rings. The zero-order valence-electron chi connectivity index (χ0n) is 10.1. The lowest BCUT2D eigenvalue weighted by molar-refractivity contribution is 0.411. The molecule has 1 aromatic heterocycles. The number of aromatic hydroxyl groups is 1. The van der Waals surface area contributed by atoms with Crippen molar-refractivity contribution in [2.24, 2.45) is 0 Å². The summed E-state index contributed by atoms with van der Waals surface area (Å²) in [4.78, 5) is 4.71. The minimum absolute atomic E-state index is 0.295. The van der Waals surface area contributed by atoms with Gasteiger partial charge in [0.05, 0.1) is 11.7 Å². The molecule has 0 spiro atoms. The maximum Gasteiger partial charge on any atom is 0.115 e. The Kier molecular flexibility index (Phi) is 3.30. The number of nitrogens with zero attached hydrogens (tertiary/aromatic N) is 1. The summed E-state index contributed by atoms with van der Waals surface area (Å²) < 4.78 is 0. The molecule has 1 unspecified atom stereocenters. The number of hydrogen-bond donors (Lipinski definition) is 2. The fraction of sp³-hybridized carbons (Fsp3) is 0.357. The molecular weight excluding hydrogens is 244 g/mol. The van der Waals surface area contributed by atoms with Gasteiger partial charge in [0.2, 0.25) is 0 Å². The summed E-state index contributed by atoms with van der Waals surface area (Å²) in [5.41, 5.74) is 2.06. The molecule has 0 amide bonds. The van der Waals surface area contributed by atoms with E-state index in [0.717, 1.165) is 17.8 Å². The van der Waals surface area contributed by atoms with Crippen LogP contribution in [0.25, 0.3) is 11.3 Å². The second-order valence-corrected chi connectivity index (χ2v) is 5.51. The van der Waals surface area contributed by atoms with E-state index in [2.05, 4.69) is 10.7 Å². The van der Waals surface area contributed by atoms with Crippen molar-refractivity contribution in [1.29, 1.82) is 0 Å². The van der Waals surface area contributed by atoms with Gasteiger partial charge in [0.15, 0.2) is 0 Å². The summed E-state index contributed by atoms with van der Waals surface area (Å²) in [5, 5.41) is 16.1. The van der Waals surface area contributed by atoms with Crippen molar-refractivity contribution in [3.63, 3.8) is 0 Å². The van der Waals surface area contributed by atoms with Crippen molar-refractivity contribution in [2.75, 3.05) is 6.54 Å². The number of phenols is 1. The molecular formula is C14H16N2OS. The normalized spacial score (nSPS) is 19.9. The number of phenolic OH excluding ortho intramolecular Hbond substituents is 1. The number of rotatable bonds is 2. The van der Waals surface area contributed by atoms with Crippen LogP contribution in [0.5, 0.6) is 5.75 Å². The predicted octanol–water partition coefficient (Wildman–Crippen LogP) is 3.33. The highest BCUT2D eigenvalue weighted by Crippen LogP contribution is 2.30. The number of thiazole rings is 1. The highest BCUT2D eigenvalue weighted by molar-refractivity contribution is 7.10. The Morgan fingerprint density at radius 1 is 1.22 bits per heavy atom. The van der Waals surface area contributed by atoms with Crippen LogP contribution in [-0.4, -0.2) is 16.6 Å². The number of hydrogen-bond acceptors (Lipinski definition) is 4. The molecule has 4 heteroatoms. The van der Waals surface area contributed by atoms with Crippen LogP contribution in [0, 0.1) is 0 Å². The molecule has 1 saturated heterocycles. The molecule has 0 saturated carbocycles. The third kappa shape index (κ3) is 2.40. The lowest BCUT2D eigenvalue weighted by atomic mass is 10.1. The molecule has 0 aliphatic carbocycles. The van der Waals surface area contributed by atoms with E-state index in [-0.39, 0.29) is 0 Å². The quantitative estimate of drug-likeness (QED) is 0.870. The maximum absolute atomic E-state index is 9.28. The average molecular weight is 260 g/mol. The number of piperidine rings is 1. The van der Waals surface area contributed by atoms with Gasteiger partial charge >= 0.3 is 0 Å². The summed E-state index contributed by atoms with van der Waals surface area (Å²) in [6.45, 7) is 1.10. The van der Waals surface area contributed by atoms with Crippen molar-refractivity contribution >= 4 is 11.3 Å². The van der Waals surface area contributed by atoms with Crippen LogP contribution in [0.15, 0.2) is 29.6 Å². The zero-order chi connectivity index (χ0) is 12.4. The topological polar surface area (TPSA) is 45.1 Å². The third-order valence-corrected chi connectivity index (χ3v) is 4.25. The van der Waals surface area contributed by atoms with Crippen molar-refractivity contribution in [2.45, 2.75) is 25.3 Å². The van der Waals surface area contributed by atoms with Crippen molar-refractivity contribution in [1.82, 2.24) is 10.3 Å². The molecule has 18 heavy (non-hydrogen) atoms. The highest BCUT2D eigenvalue weighted by Gasteiger charge is 2.18. The summed E-state index contributed by atoms with van der Waals surface area (Å²) in [6.07, 6.45) is 3.74. The fourth-order valence-corrected chi connectivity index (χ4v) is 3.21. The van der Waals surface area contributed by atoms with Crippen molar-refractivity contribution in [3.05, 3.63) is 34.7 Å². The minimum Gasteiger partial charge on any atom is -0.508 e. The van der Waals surface area contributed by atoms with Crippen molar-refractivity contribution in [3.8, 4) is 17.0 Å². The predicted molar refractivity (Wildman–Crippen MR) is 73.8 cm³/mol. The van der Waals surface area contributed by atoms with Gasteiger partial charge in [0, 0.05) is 10.9 Å². The van der Waals surface area contributed by atoms with E-state index >= 15 is 0 Å². The molecule has 2 N–H and O–H groups in total. The fourth-order valence-electron chi connectivity index (χ4n) is 2.28. The summed E-state index contributed by atoms with van der Waals surface area (Å²) in [5.74, 6) is 0.295. The van der Waals surface area contributed by atoms with Crippen LogP contribution < -0.4 is 5.32 Å². The van der Waals surface area contributed by atoms with Gasteiger partial charge in [-0.15, -0.1) is 11.3 Å². The lowest BCUT2D eigenvalue weighted by Gasteiger charge is -2.21. The molecule has 1 aliphatic heterocycles. The molecule has 94 valence electrons. The first kappa shape index (κ1) is 11.7. The first-order chi connectivity index (χ1) is 8.83. The molecule has 2 heterocycles. The van der Waals surface area contributed by atoms with E-state index in [1.165, 1.54) is 24.3 Å². The molecule has 0 radical (unpaired) electrons. The summed E-state index contributed by atoms with van der Waals surface area (Å²) >= 11 is 1.72. The van der Waals surface area contributed by atoms with Gasteiger partial charge in [-0.25, -0.2) is 4.98 Å². The van der Waals surface area contributed by atoms with Gasteiger partial charge in [-0.1, -0.05) is 6.42 Å². The highest BCUT2D eigenvalue weighted by atomic mass is 32.1. The first-order valence-electron chi connectivity index (χ1n) is 6.31. The Morgan fingerprint density at radius 3 is 2.78 bits per heavy atom. The maximum atomic E-state index is 9.28. The van der Waals surface area contributed by atoms with Gasteiger partial charge < -0.3 is 10.4 Å². The molecule has 3 nitrogen and oxygen atoms in total. The molecule has 1 aromatic carbocycles. The molecule has 0 bridgehead atoms. The van der Waals surface area contributed by atoms with Gasteiger partial charge in [-0.3, -0.25) is 0 Å². The number of aromatic nitrogens is 1. The van der Waals surface area contributed by atoms with Gasteiger partial charge in [0.25, 0.3) is 0 Å². The Balaban J connectivity index is 1.82. The number of benzene rings is 1. The molecule has 2 aromatic rings. The minimum atomic E-state index is 0.295. The van der Waals surface area contributed by atoms with E-state index in [9.17, 15) is 5.11 Å². The third-order valence-electron chi connectivity index (χ3n) is 3.29. The van der Waals surface area contributed by atoms with Gasteiger partial charge in [-0.05, 0) is 43.7 Å². The zero-order valence-corrected chi connectivity index (χ0v) is 10.9. The second kappa shape index (κ2) is 5.08. The van der Waals surface area contributed by atoms with E-state index in [0.29, 0.717) is 11.8 Å². The largest absolute Gasteiger partial charge is 0.508 e. The van der Waals surface area contributed by atoms with Crippen LogP contribution >= 0.6 is 11.3 Å². The average Bonchev–Trinajstić information content (AvgIpc) is 2.90. The second-order valence-electron chi connectivity index (χ2n) is 4.62. The van der Waals surface area contributed by atoms with E-state index in [4.69, 9.17) is 4.98 Å². The monoisotopic (exact) mass is 260 g/mol. The van der Waals surface area contributed by atoms with E-state index in [1.54, 1.807) is 23.5 Å². The summed E-state index contributed by atoms with van der Waals surface area (Å²) in [7, 11) is 0.